The molecule has 5 rings (SSSR count). The van der Waals surface area contributed by atoms with Crippen molar-refractivity contribution in [2.75, 3.05) is 13.2 Å². The van der Waals surface area contributed by atoms with E-state index in [4.69, 9.17) is 18.9 Å². The lowest BCUT2D eigenvalue weighted by Crippen LogP contribution is -2.32. The number of imidazole rings is 1. The van der Waals surface area contributed by atoms with Crippen LogP contribution in [-0.2, 0) is 17.6 Å². The SMILES string of the molecule is CC(C)(C)OC(=O)NCCCCCCOc1ccc(-c2cn3c(=O)c(Cc4ccco4)nc-3c(Cc3ccccc3)[nH]2)cc1. The molecule has 230 valence electrons. The van der Waals surface area contributed by atoms with Gasteiger partial charge in [-0.2, -0.15) is 0 Å². The standard InChI is InChI=1S/C35H40N4O5/c1-35(2,3)44-34(41)36-19-9-4-5-10-20-42-27-17-15-26(16-18-27)31-24-39-32(29(37-31)22-25-12-7-6-8-13-25)38-30(33(39)40)23-28-14-11-21-43-28/h6-8,11-18,21,24,37H,4-5,9-10,19-20,22-23H2,1-3H3,(H,36,41). The van der Waals surface area contributed by atoms with Crippen molar-refractivity contribution in [3.05, 3.63) is 112 Å². The molecule has 44 heavy (non-hydrogen) atoms. The summed E-state index contributed by atoms with van der Waals surface area (Å²) in [6.45, 7) is 6.78. The highest BCUT2D eigenvalue weighted by atomic mass is 16.6. The van der Waals surface area contributed by atoms with E-state index < -0.39 is 5.60 Å². The van der Waals surface area contributed by atoms with E-state index in [9.17, 15) is 9.59 Å². The minimum absolute atomic E-state index is 0.151. The smallest absolute Gasteiger partial charge is 0.407 e. The third-order valence-electron chi connectivity index (χ3n) is 7.07. The predicted molar refractivity (Wildman–Crippen MR) is 170 cm³/mol. The summed E-state index contributed by atoms with van der Waals surface area (Å²) in [4.78, 5) is 33.4. The Bertz CT molecular complexity index is 1650. The number of rotatable bonds is 13. The number of ether oxygens (including phenoxy) is 2. The van der Waals surface area contributed by atoms with Crippen molar-refractivity contribution in [2.45, 2.75) is 64.9 Å². The molecule has 3 heterocycles. The van der Waals surface area contributed by atoms with E-state index in [1.807, 2.05) is 81.6 Å². The molecule has 1 aromatic heterocycles. The topological polar surface area (TPSA) is 111 Å². The molecule has 2 aliphatic rings. The third kappa shape index (κ3) is 8.40. The Labute approximate surface area is 257 Å². The number of furan rings is 1. The fourth-order valence-corrected chi connectivity index (χ4v) is 4.95. The lowest BCUT2D eigenvalue weighted by molar-refractivity contribution is 0.0527. The lowest BCUT2D eigenvalue weighted by Gasteiger charge is -2.19. The number of nitrogens with zero attached hydrogens (tertiary/aromatic N) is 2. The van der Waals surface area contributed by atoms with Gasteiger partial charge < -0.3 is 24.2 Å². The number of carbonyl (C=O) groups is 1. The Morgan fingerprint density at radius 3 is 2.45 bits per heavy atom. The molecule has 9 nitrogen and oxygen atoms in total. The largest absolute Gasteiger partial charge is 0.494 e. The van der Waals surface area contributed by atoms with Gasteiger partial charge in [0, 0.05) is 19.2 Å². The molecule has 0 atom stereocenters. The van der Waals surface area contributed by atoms with Crippen LogP contribution >= 0.6 is 0 Å². The number of hydrogen-bond donors (Lipinski definition) is 2. The molecular formula is C35H40N4O5. The minimum atomic E-state index is -0.484. The highest BCUT2D eigenvalue weighted by molar-refractivity contribution is 5.67. The average molecular weight is 597 g/mol. The second kappa shape index (κ2) is 14.1. The summed E-state index contributed by atoms with van der Waals surface area (Å²) < 4.78 is 18.3. The number of nitrogens with one attached hydrogen (secondary N) is 2. The van der Waals surface area contributed by atoms with Crippen LogP contribution in [0.25, 0.3) is 17.1 Å². The predicted octanol–water partition coefficient (Wildman–Crippen LogP) is 6.90. The summed E-state index contributed by atoms with van der Waals surface area (Å²) in [5.74, 6) is 2.11. The summed E-state index contributed by atoms with van der Waals surface area (Å²) in [5.41, 5.74) is 3.54. The summed E-state index contributed by atoms with van der Waals surface area (Å²) in [6.07, 6.45) is 7.82. The number of unbranched alkanes of at least 4 members (excludes halogenated alkanes) is 3. The number of benzene rings is 2. The zero-order valence-corrected chi connectivity index (χ0v) is 25.6. The van der Waals surface area contributed by atoms with Crippen LogP contribution < -0.4 is 15.6 Å². The first-order valence-corrected chi connectivity index (χ1v) is 15.1. The first kappa shape index (κ1) is 30.7. The molecule has 1 amide bonds. The Morgan fingerprint density at radius 2 is 1.73 bits per heavy atom. The van der Waals surface area contributed by atoms with E-state index in [2.05, 4.69) is 22.4 Å². The van der Waals surface area contributed by atoms with E-state index in [0.717, 1.165) is 53.9 Å². The van der Waals surface area contributed by atoms with E-state index in [-0.39, 0.29) is 11.7 Å². The normalized spacial score (nSPS) is 11.5. The van der Waals surface area contributed by atoms with E-state index in [1.54, 1.807) is 10.8 Å². The molecule has 0 bridgehead atoms. The van der Waals surface area contributed by atoms with Gasteiger partial charge >= 0.3 is 6.09 Å². The van der Waals surface area contributed by atoms with Crippen LogP contribution in [0.5, 0.6) is 5.75 Å². The van der Waals surface area contributed by atoms with Crippen LogP contribution in [-0.4, -0.2) is 39.4 Å². The van der Waals surface area contributed by atoms with Gasteiger partial charge in [-0.15, -0.1) is 0 Å². The van der Waals surface area contributed by atoms with Gasteiger partial charge in [0.2, 0.25) is 0 Å². The van der Waals surface area contributed by atoms with Crippen molar-refractivity contribution >= 4 is 6.09 Å². The molecule has 0 saturated heterocycles. The van der Waals surface area contributed by atoms with E-state index in [1.165, 1.54) is 0 Å². The number of aromatic amines is 1. The number of hydrogen-bond acceptors (Lipinski definition) is 6. The van der Waals surface area contributed by atoms with Crippen LogP contribution in [0.2, 0.25) is 0 Å². The van der Waals surface area contributed by atoms with E-state index >= 15 is 0 Å². The minimum Gasteiger partial charge on any atom is -0.494 e. The molecule has 0 unspecified atom stereocenters. The van der Waals surface area contributed by atoms with Crippen molar-refractivity contribution in [1.29, 1.82) is 0 Å². The maximum Gasteiger partial charge on any atom is 0.407 e. The van der Waals surface area contributed by atoms with Crippen LogP contribution in [0, 0.1) is 0 Å². The monoisotopic (exact) mass is 596 g/mol. The number of alkyl carbamates (subject to hydrolysis) is 1. The van der Waals surface area contributed by atoms with Gasteiger partial charge in [0.05, 0.1) is 30.7 Å². The molecule has 2 aliphatic heterocycles. The molecule has 3 aromatic rings. The molecular weight excluding hydrogens is 556 g/mol. The third-order valence-corrected chi connectivity index (χ3v) is 7.07. The summed E-state index contributed by atoms with van der Waals surface area (Å²) in [7, 11) is 0. The van der Waals surface area contributed by atoms with Crippen LogP contribution in [0.4, 0.5) is 4.79 Å². The van der Waals surface area contributed by atoms with Gasteiger partial charge in [-0.3, -0.25) is 9.36 Å². The summed E-state index contributed by atoms with van der Waals surface area (Å²) >= 11 is 0. The number of amides is 1. The molecule has 0 spiro atoms. The van der Waals surface area contributed by atoms with Gasteiger partial charge in [0.1, 0.15) is 22.8 Å². The molecule has 0 saturated carbocycles. The molecule has 0 radical (unpaired) electrons. The fraction of sp³-hybridized carbons (Fsp3) is 0.343. The number of H-pyrrole nitrogens is 1. The quantitative estimate of drug-likeness (QED) is 0.143. The van der Waals surface area contributed by atoms with Crippen LogP contribution in [0.15, 0.2) is 88.4 Å². The number of fused-ring (bicyclic) bond motifs is 1. The Morgan fingerprint density at radius 1 is 0.955 bits per heavy atom. The van der Waals surface area contributed by atoms with Gasteiger partial charge in [-0.1, -0.05) is 43.2 Å². The lowest BCUT2D eigenvalue weighted by atomic mass is 10.1. The first-order valence-electron chi connectivity index (χ1n) is 15.1. The summed E-state index contributed by atoms with van der Waals surface area (Å²) in [6, 6.07) is 21.7. The first-order chi connectivity index (χ1) is 21.2. The van der Waals surface area contributed by atoms with Gasteiger partial charge in [-0.05, 0) is 81.1 Å². The van der Waals surface area contributed by atoms with Crippen molar-refractivity contribution < 1.29 is 18.7 Å². The highest BCUT2D eigenvalue weighted by Crippen LogP contribution is 2.25. The Hall–Kier alpha value is -4.79. The fourth-order valence-electron chi connectivity index (χ4n) is 4.95. The van der Waals surface area contributed by atoms with Crippen LogP contribution in [0.1, 0.15) is 69.2 Å². The van der Waals surface area contributed by atoms with Gasteiger partial charge in [-0.25, -0.2) is 9.78 Å². The Balaban J connectivity index is 1.20. The number of aromatic nitrogens is 3. The van der Waals surface area contributed by atoms with Crippen molar-refractivity contribution in [2.24, 2.45) is 0 Å². The molecule has 9 heteroatoms. The van der Waals surface area contributed by atoms with Gasteiger partial charge in [0.15, 0.2) is 5.82 Å². The zero-order chi connectivity index (χ0) is 30.9. The number of carbonyl (C=O) groups excluding carboxylic acids is 1. The maximum atomic E-state index is 13.4. The molecule has 2 N–H and O–H groups in total. The molecule has 0 aliphatic carbocycles. The van der Waals surface area contributed by atoms with Crippen molar-refractivity contribution in [3.8, 4) is 22.8 Å². The molecule has 2 aromatic carbocycles. The van der Waals surface area contributed by atoms with Crippen molar-refractivity contribution in [1.82, 2.24) is 19.9 Å². The maximum absolute atomic E-state index is 13.4. The van der Waals surface area contributed by atoms with Gasteiger partial charge in [0.25, 0.3) is 5.56 Å². The van der Waals surface area contributed by atoms with E-state index in [0.29, 0.717) is 43.3 Å². The average Bonchev–Trinajstić information content (AvgIpc) is 3.62. The summed E-state index contributed by atoms with van der Waals surface area (Å²) in [5, 5.41) is 2.79. The molecule has 0 fully saturated rings. The second-order valence-electron chi connectivity index (χ2n) is 11.8. The van der Waals surface area contributed by atoms with Crippen molar-refractivity contribution in [3.63, 3.8) is 0 Å². The highest BCUT2D eigenvalue weighted by Gasteiger charge is 2.21. The zero-order valence-electron chi connectivity index (χ0n) is 25.6. The second-order valence-corrected chi connectivity index (χ2v) is 11.8. The van der Waals surface area contributed by atoms with Crippen LogP contribution in [0.3, 0.4) is 0 Å². The Kier molecular flexibility index (Phi) is 9.84.